The van der Waals surface area contributed by atoms with Crippen LogP contribution in [0.25, 0.3) is 6.08 Å². The number of carboxylic acids is 2. The number of phenols is 1. The number of phenolic OH excluding ortho intramolecular Hbond substituents is 1. The van der Waals surface area contributed by atoms with Gasteiger partial charge in [0.25, 0.3) is 0 Å². The van der Waals surface area contributed by atoms with Gasteiger partial charge in [0.15, 0.2) is 0 Å². The zero-order valence-corrected chi connectivity index (χ0v) is 23.0. The van der Waals surface area contributed by atoms with Gasteiger partial charge in [-0.25, -0.2) is 9.59 Å². The Kier molecular flexibility index (Phi) is 10.5. The molecule has 1 aliphatic rings. The first-order valence-corrected chi connectivity index (χ1v) is 12.7. The van der Waals surface area contributed by atoms with Crippen molar-refractivity contribution >= 4 is 18.0 Å². The van der Waals surface area contributed by atoms with Crippen LogP contribution in [0.15, 0.2) is 48.5 Å². The van der Waals surface area contributed by atoms with Crippen molar-refractivity contribution in [2.24, 2.45) is 0 Å². The molecule has 202 valence electrons. The fourth-order valence-electron chi connectivity index (χ4n) is 4.22. The second-order valence-electron chi connectivity index (χ2n) is 11.5. The van der Waals surface area contributed by atoms with Crippen LogP contribution in [0, 0.1) is 0 Å². The van der Waals surface area contributed by atoms with E-state index in [1.165, 1.54) is 11.1 Å². The Labute approximate surface area is 221 Å². The highest BCUT2D eigenvalue weighted by molar-refractivity contribution is 6.27. The van der Waals surface area contributed by atoms with E-state index in [1.54, 1.807) is 0 Å². The molecule has 1 saturated heterocycles. The van der Waals surface area contributed by atoms with Crippen LogP contribution in [0.3, 0.4) is 0 Å². The molecule has 3 N–H and O–H groups in total. The molecule has 1 heterocycles. The molecule has 37 heavy (non-hydrogen) atoms. The van der Waals surface area contributed by atoms with Crippen LogP contribution in [0.2, 0.25) is 0 Å². The quantitative estimate of drug-likeness (QED) is 0.488. The molecule has 1 fully saturated rings. The number of carbonyl (C=O) groups is 2. The number of hydrogen-bond donors (Lipinski definition) is 3. The van der Waals surface area contributed by atoms with E-state index >= 15 is 0 Å². The summed E-state index contributed by atoms with van der Waals surface area (Å²) in [5.74, 6) is -3.18. The molecule has 0 radical (unpaired) electrons. The summed E-state index contributed by atoms with van der Waals surface area (Å²) in [6.07, 6.45) is 4.49. The van der Waals surface area contributed by atoms with Gasteiger partial charge in [-0.2, -0.15) is 0 Å². The number of piperazine rings is 1. The Morgan fingerprint density at radius 3 is 1.70 bits per heavy atom. The molecule has 3 rings (SSSR count). The van der Waals surface area contributed by atoms with Crippen LogP contribution in [0.4, 0.5) is 0 Å². The van der Waals surface area contributed by atoms with Gasteiger partial charge in [0.1, 0.15) is 5.75 Å². The Balaban J connectivity index is 0.000000717. The first-order chi connectivity index (χ1) is 17.2. The summed E-state index contributed by atoms with van der Waals surface area (Å²) >= 11 is 0. The van der Waals surface area contributed by atoms with Gasteiger partial charge in [-0.3, -0.25) is 9.80 Å². The van der Waals surface area contributed by atoms with Crippen molar-refractivity contribution in [3.63, 3.8) is 0 Å². The fraction of sp³-hybridized carbons (Fsp3) is 0.467. The zero-order chi connectivity index (χ0) is 27.8. The van der Waals surface area contributed by atoms with E-state index < -0.39 is 11.9 Å². The van der Waals surface area contributed by atoms with Crippen molar-refractivity contribution in [1.29, 1.82) is 0 Å². The third kappa shape index (κ3) is 9.67. The fourth-order valence-corrected chi connectivity index (χ4v) is 4.22. The molecule has 2 aromatic carbocycles. The summed E-state index contributed by atoms with van der Waals surface area (Å²) in [7, 11) is 0. The predicted molar refractivity (Wildman–Crippen MR) is 148 cm³/mol. The van der Waals surface area contributed by atoms with Crippen molar-refractivity contribution in [3.05, 3.63) is 70.8 Å². The lowest BCUT2D eigenvalue weighted by Gasteiger charge is -2.35. The molecule has 0 unspecified atom stereocenters. The number of benzene rings is 2. The highest BCUT2D eigenvalue weighted by atomic mass is 16.4. The molecule has 7 nitrogen and oxygen atoms in total. The van der Waals surface area contributed by atoms with Crippen LogP contribution in [0.5, 0.6) is 5.75 Å². The minimum absolute atomic E-state index is 0.0795. The Morgan fingerprint density at radius 2 is 1.27 bits per heavy atom. The average molecular weight is 511 g/mol. The smallest absolute Gasteiger partial charge is 0.414 e. The van der Waals surface area contributed by atoms with Gasteiger partial charge in [0, 0.05) is 39.3 Å². The molecule has 2 aromatic rings. The number of rotatable bonds is 5. The van der Waals surface area contributed by atoms with Gasteiger partial charge >= 0.3 is 11.9 Å². The van der Waals surface area contributed by atoms with E-state index in [4.69, 9.17) is 19.8 Å². The van der Waals surface area contributed by atoms with Crippen molar-refractivity contribution in [1.82, 2.24) is 9.80 Å². The lowest BCUT2D eigenvalue weighted by Crippen LogP contribution is -2.45. The minimum atomic E-state index is -1.82. The Morgan fingerprint density at radius 1 is 0.811 bits per heavy atom. The minimum Gasteiger partial charge on any atom is -0.507 e. The average Bonchev–Trinajstić information content (AvgIpc) is 2.81. The van der Waals surface area contributed by atoms with Crippen molar-refractivity contribution in [2.75, 3.05) is 32.7 Å². The second-order valence-corrected chi connectivity index (χ2v) is 11.5. The van der Waals surface area contributed by atoms with E-state index in [9.17, 15) is 5.11 Å². The molecular weight excluding hydrogens is 468 g/mol. The molecule has 1 aliphatic heterocycles. The largest absolute Gasteiger partial charge is 0.507 e. The zero-order valence-electron chi connectivity index (χ0n) is 23.0. The lowest BCUT2D eigenvalue weighted by atomic mass is 9.78. The first-order valence-electron chi connectivity index (χ1n) is 12.7. The molecule has 0 bridgehead atoms. The molecule has 0 spiro atoms. The molecule has 0 saturated carbocycles. The van der Waals surface area contributed by atoms with Crippen LogP contribution in [-0.4, -0.2) is 69.8 Å². The summed E-state index contributed by atoms with van der Waals surface area (Å²) in [6.45, 7) is 19.4. The first kappa shape index (κ1) is 30.1. The summed E-state index contributed by atoms with van der Waals surface area (Å²) < 4.78 is 0. The van der Waals surface area contributed by atoms with Gasteiger partial charge in [-0.15, -0.1) is 0 Å². The molecule has 0 amide bonds. The number of aromatic hydroxyl groups is 1. The third-order valence-electron chi connectivity index (χ3n) is 6.31. The van der Waals surface area contributed by atoms with Crippen LogP contribution < -0.4 is 0 Å². The second kappa shape index (κ2) is 12.9. The maximum absolute atomic E-state index is 11.0. The van der Waals surface area contributed by atoms with E-state index in [-0.39, 0.29) is 10.8 Å². The van der Waals surface area contributed by atoms with E-state index in [0.29, 0.717) is 5.75 Å². The maximum atomic E-state index is 11.0. The normalized spacial score (nSPS) is 15.3. The van der Waals surface area contributed by atoms with Crippen molar-refractivity contribution in [3.8, 4) is 5.75 Å². The molecular formula is C30H42N2O5. The van der Waals surface area contributed by atoms with Gasteiger partial charge in [-0.05, 0) is 33.1 Å². The van der Waals surface area contributed by atoms with Gasteiger partial charge in [0.05, 0.1) is 0 Å². The van der Waals surface area contributed by atoms with E-state index in [0.717, 1.165) is 50.4 Å². The summed E-state index contributed by atoms with van der Waals surface area (Å²) in [4.78, 5) is 23.3. The Bertz CT molecular complexity index is 1030. The number of nitrogens with zero attached hydrogens (tertiary/aromatic N) is 2. The molecule has 0 atom stereocenters. The summed E-state index contributed by atoms with van der Waals surface area (Å²) in [6, 6.07) is 14.9. The van der Waals surface area contributed by atoms with E-state index in [1.807, 2.05) is 0 Å². The van der Waals surface area contributed by atoms with Crippen molar-refractivity contribution in [2.45, 2.75) is 58.9 Å². The topological polar surface area (TPSA) is 101 Å². The predicted octanol–water partition coefficient (Wildman–Crippen LogP) is 4.97. The SMILES string of the molecule is CC(C)(C)c1cc(CN2CCN(C/C=C/c3ccccc3)CC2)cc(C(C)(C)C)c1O.O=C(O)C(=O)O. The molecule has 0 aromatic heterocycles. The van der Waals surface area contributed by atoms with Crippen molar-refractivity contribution < 1.29 is 24.9 Å². The molecule has 0 aliphatic carbocycles. The highest BCUT2D eigenvalue weighted by Gasteiger charge is 2.27. The summed E-state index contributed by atoms with van der Waals surface area (Å²) in [5, 5.41) is 25.7. The maximum Gasteiger partial charge on any atom is 0.414 e. The van der Waals surface area contributed by atoms with Gasteiger partial charge < -0.3 is 15.3 Å². The standard InChI is InChI=1S/C28H40N2O.C2H2O4/c1-27(2,3)24-19-23(20-25(26(24)31)28(4,5)6)21-30-17-15-29(16-18-30)14-10-13-22-11-8-7-9-12-22;3-1(4)2(5)6/h7-13,19-20,31H,14-18,21H2,1-6H3;(H,3,4)(H,5,6)/b13-10+;. The van der Waals surface area contributed by atoms with Crippen LogP contribution in [0.1, 0.15) is 63.8 Å². The monoisotopic (exact) mass is 510 g/mol. The number of carboxylic acid groups (broad SMARTS) is 2. The number of aliphatic carboxylic acids is 2. The number of hydrogen-bond acceptors (Lipinski definition) is 5. The van der Waals surface area contributed by atoms with Gasteiger partial charge in [0.2, 0.25) is 0 Å². The van der Waals surface area contributed by atoms with Crippen LogP contribution >= 0.6 is 0 Å². The highest BCUT2D eigenvalue weighted by Crippen LogP contribution is 2.40. The van der Waals surface area contributed by atoms with E-state index in [2.05, 4.69) is 106 Å². The van der Waals surface area contributed by atoms with Gasteiger partial charge in [-0.1, -0.05) is 96.2 Å². The summed E-state index contributed by atoms with van der Waals surface area (Å²) in [5.41, 5.74) is 4.52. The lowest BCUT2D eigenvalue weighted by molar-refractivity contribution is -0.159. The Hall–Kier alpha value is -3.16. The molecule has 7 heteroatoms. The van der Waals surface area contributed by atoms with Crippen LogP contribution in [-0.2, 0) is 27.0 Å². The third-order valence-corrected chi connectivity index (χ3v) is 6.31.